The van der Waals surface area contributed by atoms with Crippen LogP contribution in [0.4, 0.5) is 21.0 Å². The number of nitrogen functional groups attached to an aromatic ring is 1. The second-order valence-electron chi connectivity index (χ2n) is 11.5. The number of hydrogen-bond acceptors (Lipinski definition) is 11. The number of carbonyl (C=O) groups excluding carboxylic acids is 4. The SMILES string of the molecule is C.C.COC(=O)C(Cc1ccc(N)cc1)NC(=O)OC(C)(C)C.COC(=O)C(Cc1ccc([N+](=O)[O-])cc1)NC(=O)OC(C)(C)C. The molecule has 0 aliphatic rings. The summed E-state index contributed by atoms with van der Waals surface area (Å²) in [6, 6.07) is 11.0. The average Bonchev–Trinajstić information content (AvgIpc) is 2.91. The Balaban J connectivity index is 0. The fourth-order valence-electron chi connectivity index (χ4n) is 3.45. The Kier molecular flexibility index (Phi) is 18.3. The maximum Gasteiger partial charge on any atom is 0.408 e. The van der Waals surface area contributed by atoms with Gasteiger partial charge in [-0.15, -0.1) is 0 Å². The van der Waals surface area contributed by atoms with Crippen LogP contribution in [-0.2, 0) is 41.4 Å². The van der Waals surface area contributed by atoms with E-state index in [9.17, 15) is 29.3 Å². The summed E-state index contributed by atoms with van der Waals surface area (Å²) in [5.41, 5.74) is 6.36. The van der Waals surface area contributed by atoms with Gasteiger partial charge in [-0.3, -0.25) is 10.1 Å². The fourth-order valence-corrected chi connectivity index (χ4v) is 3.45. The molecular formula is C32H50N4O10. The number of non-ortho nitro benzene ring substituents is 1. The van der Waals surface area contributed by atoms with E-state index in [1.54, 1.807) is 65.8 Å². The molecule has 0 saturated carbocycles. The smallest absolute Gasteiger partial charge is 0.408 e. The number of ether oxygens (including phenoxy) is 4. The van der Waals surface area contributed by atoms with Gasteiger partial charge in [0.25, 0.3) is 5.69 Å². The maximum atomic E-state index is 11.8. The summed E-state index contributed by atoms with van der Waals surface area (Å²) in [5, 5.41) is 15.6. The monoisotopic (exact) mass is 650 g/mol. The fraction of sp³-hybridized carbons (Fsp3) is 0.500. The van der Waals surface area contributed by atoms with E-state index in [0.717, 1.165) is 5.56 Å². The Morgan fingerprint density at radius 1 is 0.717 bits per heavy atom. The highest BCUT2D eigenvalue weighted by atomic mass is 16.6. The van der Waals surface area contributed by atoms with Crippen LogP contribution >= 0.6 is 0 Å². The lowest BCUT2D eigenvalue weighted by molar-refractivity contribution is -0.384. The number of nitrogens with two attached hydrogens (primary N) is 1. The number of benzene rings is 2. The number of esters is 2. The molecule has 14 heteroatoms. The molecule has 4 N–H and O–H groups in total. The zero-order chi connectivity index (χ0) is 33.7. The van der Waals surface area contributed by atoms with Gasteiger partial charge < -0.3 is 35.3 Å². The van der Waals surface area contributed by atoms with Crippen molar-refractivity contribution in [1.82, 2.24) is 10.6 Å². The van der Waals surface area contributed by atoms with Gasteiger partial charge >= 0.3 is 24.1 Å². The Labute approximate surface area is 271 Å². The Morgan fingerprint density at radius 2 is 1.04 bits per heavy atom. The number of nitrogens with zero attached hydrogens (tertiary/aromatic N) is 1. The van der Waals surface area contributed by atoms with E-state index in [0.29, 0.717) is 17.7 Å². The summed E-state index contributed by atoms with van der Waals surface area (Å²) in [6.07, 6.45) is -0.973. The third kappa shape index (κ3) is 17.4. The van der Waals surface area contributed by atoms with Gasteiger partial charge in [-0.1, -0.05) is 39.1 Å². The molecule has 14 nitrogen and oxygen atoms in total. The third-order valence-corrected chi connectivity index (χ3v) is 5.36. The van der Waals surface area contributed by atoms with E-state index in [4.69, 9.17) is 19.9 Å². The van der Waals surface area contributed by atoms with Gasteiger partial charge in [0.15, 0.2) is 0 Å². The number of nitro benzene ring substituents is 1. The van der Waals surface area contributed by atoms with Gasteiger partial charge in [-0.2, -0.15) is 0 Å². The first kappa shape index (κ1) is 43.2. The van der Waals surface area contributed by atoms with Crippen LogP contribution in [0.25, 0.3) is 0 Å². The summed E-state index contributed by atoms with van der Waals surface area (Å²) in [7, 11) is 2.48. The van der Waals surface area contributed by atoms with E-state index in [2.05, 4.69) is 15.4 Å². The van der Waals surface area contributed by atoms with E-state index >= 15 is 0 Å². The van der Waals surface area contributed by atoms with Crippen molar-refractivity contribution in [3.63, 3.8) is 0 Å². The lowest BCUT2D eigenvalue weighted by Crippen LogP contribution is -2.45. The first-order chi connectivity index (χ1) is 20.3. The first-order valence-corrected chi connectivity index (χ1v) is 13.6. The standard InChI is InChI=1S/C15H20N2O6.C15H22N2O4.2CH4/c1-15(2,3)23-14(19)16-12(13(18)22-4)9-10-5-7-11(8-6-10)17(20)21;1-15(2,3)21-14(19)17-12(13(18)20-4)9-10-5-7-11(16)8-6-10;;/h5-8,12H,9H2,1-4H3,(H,16,19);5-8,12H,9,16H2,1-4H3,(H,17,19);2*1H4. The molecule has 0 radical (unpaired) electrons. The van der Waals surface area contributed by atoms with Crippen molar-refractivity contribution in [1.29, 1.82) is 0 Å². The molecule has 46 heavy (non-hydrogen) atoms. The number of alkyl carbamates (subject to hydrolysis) is 2. The quantitative estimate of drug-likeness (QED) is 0.104. The molecule has 2 amide bonds. The zero-order valence-electron chi connectivity index (χ0n) is 26.3. The van der Waals surface area contributed by atoms with Crippen LogP contribution < -0.4 is 16.4 Å². The van der Waals surface area contributed by atoms with Crippen molar-refractivity contribution in [2.24, 2.45) is 0 Å². The van der Waals surface area contributed by atoms with E-state index in [1.165, 1.54) is 38.5 Å². The van der Waals surface area contributed by atoms with Crippen molar-refractivity contribution in [2.45, 2.75) is 92.5 Å². The Bertz CT molecular complexity index is 1270. The second-order valence-corrected chi connectivity index (χ2v) is 11.5. The minimum atomic E-state index is -0.948. The highest BCUT2D eigenvalue weighted by molar-refractivity contribution is 5.82. The van der Waals surface area contributed by atoms with Crippen molar-refractivity contribution >= 4 is 35.5 Å². The molecule has 0 bridgehead atoms. The largest absolute Gasteiger partial charge is 0.467 e. The molecule has 0 heterocycles. The van der Waals surface area contributed by atoms with Crippen LogP contribution in [0.2, 0.25) is 0 Å². The van der Waals surface area contributed by atoms with Crippen LogP contribution in [0.3, 0.4) is 0 Å². The molecule has 2 rings (SSSR count). The van der Waals surface area contributed by atoms with Gasteiger partial charge in [0.05, 0.1) is 19.1 Å². The Hall–Kier alpha value is -4.88. The molecule has 2 atom stereocenters. The van der Waals surface area contributed by atoms with Gasteiger partial charge in [-0.25, -0.2) is 19.2 Å². The van der Waals surface area contributed by atoms with Gasteiger partial charge in [0.1, 0.15) is 23.3 Å². The summed E-state index contributed by atoms with van der Waals surface area (Å²) in [4.78, 5) is 57.2. The Morgan fingerprint density at radius 3 is 1.33 bits per heavy atom. The van der Waals surface area contributed by atoms with E-state index < -0.39 is 52.3 Å². The van der Waals surface area contributed by atoms with Crippen molar-refractivity contribution in [3.05, 3.63) is 69.8 Å². The number of carbonyl (C=O) groups is 4. The molecule has 0 aliphatic carbocycles. The van der Waals surface area contributed by atoms with Crippen LogP contribution in [0.15, 0.2) is 48.5 Å². The van der Waals surface area contributed by atoms with Crippen molar-refractivity contribution in [3.8, 4) is 0 Å². The molecular weight excluding hydrogens is 600 g/mol. The normalized spacial score (nSPS) is 11.7. The molecule has 0 saturated heterocycles. The second kappa shape index (κ2) is 19.5. The predicted molar refractivity (Wildman–Crippen MR) is 175 cm³/mol. The third-order valence-electron chi connectivity index (χ3n) is 5.36. The van der Waals surface area contributed by atoms with Crippen molar-refractivity contribution < 1.29 is 43.0 Å². The molecule has 2 unspecified atom stereocenters. The molecule has 0 spiro atoms. The van der Waals surface area contributed by atoms with Crippen molar-refractivity contribution in [2.75, 3.05) is 20.0 Å². The average molecular weight is 651 g/mol. The molecule has 0 aliphatic heterocycles. The summed E-state index contributed by atoms with van der Waals surface area (Å²) >= 11 is 0. The number of methoxy groups -OCH3 is 2. The highest BCUT2D eigenvalue weighted by Gasteiger charge is 2.26. The topological polar surface area (TPSA) is 198 Å². The molecule has 0 fully saturated rings. The minimum Gasteiger partial charge on any atom is -0.467 e. The van der Waals surface area contributed by atoms with Crippen LogP contribution in [0.1, 0.15) is 67.5 Å². The van der Waals surface area contributed by atoms with E-state index in [-0.39, 0.29) is 27.0 Å². The highest BCUT2D eigenvalue weighted by Crippen LogP contribution is 2.15. The summed E-state index contributed by atoms with van der Waals surface area (Å²) in [5.74, 6) is -1.16. The molecule has 2 aromatic carbocycles. The van der Waals surface area contributed by atoms with Gasteiger partial charge in [0.2, 0.25) is 0 Å². The zero-order valence-corrected chi connectivity index (χ0v) is 26.3. The maximum absolute atomic E-state index is 11.8. The number of anilines is 1. The number of rotatable bonds is 9. The molecule has 2 aromatic rings. The minimum absolute atomic E-state index is 0. The predicted octanol–water partition coefficient (Wildman–Crippen LogP) is 5.35. The van der Waals surface area contributed by atoms with Gasteiger partial charge in [-0.05, 0) is 64.8 Å². The van der Waals surface area contributed by atoms with Crippen LogP contribution in [-0.4, -0.2) is 66.6 Å². The van der Waals surface area contributed by atoms with Gasteiger partial charge in [0, 0.05) is 30.7 Å². The lowest BCUT2D eigenvalue weighted by atomic mass is 10.1. The van der Waals surface area contributed by atoms with E-state index in [1.807, 2.05) is 0 Å². The summed E-state index contributed by atoms with van der Waals surface area (Å²) < 4.78 is 19.6. The number of nitrogens with one attached hydrogen (secondary N) is 2. The molecule has 258 valence electrons. The van der Waals surface area contributed by atoms with Crippen LogP contribution in [0.5, 0.6) is 0 Å². The number of nitro groups is 1. The first-order valence-electron chi connectivity index (χ1n) is 13.6. The number of hydrogen-bond donors (Lipinski definition) is 3. The lowest BCUT2D eigenvalue weighted by Gasteiger charge is -2.22. The molecule has 0 aromatic heterocycles. The number of amides is 2. The summed E-state index contributed by atoms with van der Waals surface area (Å²) in [6.45, 7) is 10.4. The van der Waals surface area contributed by atoms with Crippen LogP contribution in [0, 0.1) is 10.1 Å².